The second kappa shape index (κ2) is 4.89. The van der Waals surface area contributed by atoms with E-state index in [9.17, 15) is 14.9 Å². The van der Waals surface area contributed by atoms with E-state index in [1.807, 2.05) is 0 Å². The zero-order valence-corrected chi connectivity index (χ0v) is 8.83. The maximum atomic E-state index is 11.0. The smallest absolute Gasteiger partial charge is 0.361 e. The molecule has 0 fully saturated rings. The molecule has 16 heavy (non-hydrogen) atoms. The van der Waals surface area contributed by atoms with Crippen LogP contribution < -0.4 is 0 Å². The zero-order valence-electron chi connectivity index (χ0n) is 8.83. The van der Waals surface area contributed by atoms with Crippen LogP contribution in [0.4, 0.5) is 0 Å². The maximum absolute atomic E-state index is 11.0. The zero-order chi connectivity index (χ0) is 12.2. The van der Waals surface area contributed by atoms with E-state index in [1.165, 1.54) is 24.3 Å². The van der Waals surface area contributed by atoms with Gasteiger partial charge in [-0.1, -0.05) is 25.2 Å². The first kappa shape index (κ1) is 12.4. The van der Waals surface area contributed by atoms with E-state index in [-0.39, 0.29) is 6.61 Å². The molecule has 0 aromatic rings. The molecule has 0 aliphatic heterocycles. The van der Waals surface area contributed by atoms with Gasteiger partial charge in [0.1, 0.15) is 0 Å². The van der Waals surface area contributed by atoms with Crippen molar-refractivity contribution >= 4 is 5.97 Å². The maximum Gasteiger partial charge on any atom is 0.361 e. The molecule has 0 amide bonds. The van der Waals surface area contributed by atoms with Gasteiger partial charge < -0.3 is 9.84 Å². The summed E-state index contributed by atoms with van der Waals surface area (Å²) in [6, 6.07) is 0. The molecule has 0 spiro atoms. The number of rotatable bonds is 5. The van der Waals surface area contributed by atoms with E-state index in [0.717, 1.165) is 0 Å². The molecular formula is C10H13NO5. The van der Waals surface area contributed by atoms with Crippen molar-refractivity contribution in [2.75, 3.05) is 6.61 Å². The Morgan fingerprint density at radius 2 is 2.31 bits per heavy atom. The molecule has 0 heterocycles. The van der Waals surface area contributed by atoms with Gasteiger partial charge in [0.15, 0.2) is 5.92 Å². The molecule has 6 nitrogen and oxygen atoms in total. The van der Waals surface area contributed by atoms with Gasteiger partial charge in [-0.3, -0.25) is 14.9 Å². The summed E-state index contributed by atoms with van der Waals surface area (Å²) in [6.07, 6.45) is 5.93. The van der Waals surface area contributed by atoms with Crippen molar-refractivity contribution in [1.82, 2.24) is 0 Å². The summed E-state index contributed by atoms with van der Waals surface area (Å²) in [5.41, 5.74) is -1.98. The molecule has 6 heteroatoms. The number of aliphatic carboxylic acids is 1. The van der Waals surface area contributed by atoms with E-state index < -0.39 is 22.5 Å². The van der Waals surface area contributed by atoms with Crippen LogP contribution in [-0.4, -0.2) is 28.3 Å². The van der Waals surface area contributed by atoms with Crippen molar-refractivity contribution in [3.63, 3.8) is 0 Å². The molecule has 0 saturated heterocycles. The van der Waals surface area contributed by atoms with Gasteiger partial charge in [0.25, 0.3) is 0 Å². The van der Waals surface area contributed by atoms with Gasteiger partial charge in [-0.25, -0.2) is 0 Å². The summed E-state index contributed by atoms with van der Waals surface area (Å²) < 4.78 is 5.14. The molecule has 0 radical (unpaired) electrons. The fourth-order valence-corrected chi connectivity index (χ4v) is 1.50. The number of nitro groups is 1. The lowest BCUT2D eigenvalue weighted by atomic mass is 9.91. The Morgan fingerprint density at radius 1 is 1.62 bits per heavy atom. The molecule has 88 valence electrons. The molecule has 2 unspecified atom stereocenters. The van der Waals surface area contributed by atoms with Gasteiger partial charge in [0.2, 0.25) is 0 Å². The number of carboxylic acid groups (broad SMARTS) is 1. The molecule has 1 N–H and O–H groups in total. The molecule has 1 aliphatic carbocycles. The fourth-order valence-electron chi connectivity index (χ4n) is 1.50. The third-order valence-electron chi connectivity index (χ3n) is 2.28. The lowest BCUT2D eigenvalue weighted by Crippen LogP contribution is -2.50. The summed E-state index contributed by atoms with van der Waals surface area (Å²) in [5, 5.41) is 20.0. The number of hydrogen-bond donors (Lipinski definition) is 1. The topological polar surface area (TPSA) is 89.7 Å². The number of ether oxygens (including phenoxy) is 1. The second-order valence-electron chi connectivity index (χ2n) is 3.42. The van der Waals surface area contributed by atoms with E-state index in [2.05, 4.69) is 0 Å². The van der Waals surface area contributed by atoms with Gasteiger partial charge in [-0.05, 0) is 6.42 Å². The Kier molecular flexibility index (Phi) is 3.78. The Hall–Kier alpha value is -1.69. The van der Waals surface area contributed by atoms with Crippen LogP contribution in [0.15, 0.2) is 24.3 Å². The minimum Gasteiger partial charge on any atom is -0.481 e. The van der Waals surface area contributed by atoms with Crippen molar-refractivity contribution in [3.8, 4) is 0 Å². The van der Waals surface area contributed by atoms with Crippen LogP contribution >= 0.6 is 0 Å². The third-order valence-corrected chi connectivity index (χ3v) is 2.28. The first-order valence-corrected chi connectivity index (χ1v) is 4.92. The SMILES string of the molecule is CCCOC1([N+](=O)[O-])C=CC=CC1C(=O)O. The molecule has 0 saturated carbocycles. The second-order valence-corrected chi connectivity index (χ2v) is 3.42. The fraction of sp³-hybridized carbons (Fsp3) is 0.500. The van der Waals surface area contributed by atoms with Crippen molar-refractivity contribution in [1.29, 1.82) is 0 Å². The van der Waals surface area contributed by atoms with E-state index in [4.69, 9.17) is 9.84 Å². The average molecular weight is 227 g/mol. The minimum absolute atomic E-state index is 0.142. The highest BCUT2D eigenvalue weighted by Crippen LogP contribution is 2.29. The van der Waals surface area contributed by atoms with Crippen LogP contribution in [-0.2, 0) is 9.53 Å². The minimum atomic E-state index is -1.98. The molecule has 0 bridgehead atoms. The predicted molar refractivity (Wildman–Crippen MR) is 55.4 cm³/mol. The first-order valence-electron chi connectivity index (χ1n) is 4.92. The normalized spacial score (nSPS) is 27.9. The highest BCUT2D eigenvalue weighted by molar-refractivity contribution is 5.74. The number of hydrogen-bond acceptors (Lipinski definition) is 4. The van der Waals surface area contributed by atoms with E-state index in [0.29, 0.717) is 6.42 Å². The Balaban J connectivity index is 3.05. The van der Waals surface area contributed by atoms with E-state index >= 15 is 0 Å². The number of nitrogens with zero attached hydrogens (tertiary/aromatic N) is 1. The van der Waals surface area contributed by atoms with Crippen molar-refractivity contribution < 1.29 is 19.6 Å². The first-order chi connectivity index (χ1) is 7.54. The molecule has 1 aliphatic rings. The standard InChI is InChI=1S/C10H13NO5/c1-2-7-16-10(11(14)15)6-4-3-5-8(10)9(12)13/h3-6,8H,2,7H2,1H3,(H,12,13). The quantitative estimate of drug-likeness (QED) is 0.433. The highest BCUT2D eigenvalue weighted by Gasteiger charge is 2.53. The Labute approximate surface area is 92.4 Å². The van der Waals surface area contributed by atoms with Crippen LogP contribution in [0.2, 0.25) is 0 Å². The summed E-state index contributed by atoms with van der Waals surface area (Å²) in [4.78, 5) is 21.3. The van der Waals surface area contributed by atoms with Gasteiger partial charge in [-0.15, -0.1) is 0 Å². The molecule has 2 atom stereocenters. The van der Waals surface area contributed by atoms with Crippen molar-refractivity contribution in [3.05, 3.63) is 34.4 Å². The Morgan fingerprint density at radius 3 is 2.81 bits per heavy atom. The van der Waals surface area contributed by atoms with Gasteiger partial charge in [0.05, 0.1) is 11.5 Å². The van der Waals surface area contributed by atoms with Crippen LogP contribution in [0.3, 0.4) is 0 Å². The summed E-state index contributed by atoms with van der Waals surface area (Å²) in [5.74, 6) is -2.56. The van der Waals surface area contributed by atoms with Crippen LogP contribution in [0, 0.1) is 16.0 Å². The lowest BCUT2D eigenvalue weighted by molar-refractivity contribution is -0.619. The van der Waals surface area contributed by atoms with Crippen molar-refractivity contribution in [2.24, 2.45) is 5.92 Å². The predicted octanol–water partition coefficient (Wildman–Crippen LogP) is 1.21. The lowest BCUT2D eigenvalue weighted by Gasteiger charge is -2.27. The molecular weight excluding hydrogens is 214 g/mol. The monoisotopic (exact) mass is 227 g/mol. The summed E-state index contributed by atoms with van der Waals surface area (Å²) >= 11 is 0. The number of carboxylic acids is 1. The van der Waals surface area contributed by atoms with Crippen LogP contribution in [0.25, 0.3) is 0 Å². The number of allylic oxidation sites excluding steroid dienone is 2. The largest absolute Gasteiger partial charge is 0.481 e. The van der Waals surface area contributed by atoms with Gasteiger partial charge in [0, 0.05) is 6.08 Å². The van der Waals surface area contributed by atoms with Gasteiger partial charge in [-0.2, -0.15) is 0 Å². The third kappa shape index (κ3) is 2.11. The molecule has 1 rings (SSSR count). The average Bonchev–Trinajstić information content (AvgIpc) is 2.26. The summed E-state index contributed by atoms with van der Waals surface area (Å²) in [7, 11) is 0. The van der Waals surface area contributed by atoms with Crippen LogP contribution in [0.1, 0.15) is 13.3 Å². The highest BCUT2D eigenvalue weighted by atomic mass is 16.7. The van der Waals surface area contributed by atoms with Crippen molar-refractivity contribution in [2.45, 2.75) is 19.1 Å². The summed E-state index contributed by atoms with van der Waals surface area (Å²) in [6.45, 7) is 1.94. The number of carbonyl (C=O) groups is 1. The molecule has 0 aromatic heterocycles. The van der Waals surface area contributed by atoms with Crippen LogP contribution in [0.5, 0.6) is 0 Å². The molecule has 0 aromatic carbocycles. The Bertz CT molecular complexity index is 349. The van der Waals surface area contributed by atoms with Gasteiger partial charge >= 0.3 is 11.7 Å². The van der Waals surface area contributed by atoms with E-state index in [1.54, 1.807) is 6.92 Å².